The van der Waals surface area contributed by atoms with Gasteiger partial charge in [-0.3, -0.25) is 9.58 Å². The summed E-state index contributed by atoms with van der Waals surface area (Å²) in [4.78, 5) is 15.7. The van der Waals surface area contributed by atoms with Gasteiger partial charge in [-0.1, -0.05) is 0 Å². The summed E-state index contributed by atoms with van der Waals surface area (Å²) >= 11 is 1.43. The monoisotopic (exact) mass is 497 g/mol. The van der Waals surface area contributed by atoms with Crippen LogP contribution in [0.5, 0.6) is 0 Å². The van der Waals surface area contributed by atoms with Crippen LogP contribution in [0, 0.1) is 6.92 Å². The Morgan fingerprint density at radius 2 is 1.86 bits per heavy atom. The number of anilines is 3. The average molecular weight is 498 g/mol. The lowest BCUT2D eigenvalue weighted by Gasteiger charge is -2.41. The quantitative estimate of drug-likeness (QED) is 0.532. The van der Waals surface area contributed by atoms with Crippen LogP contribution in [-0.4, -0.2) is 92.4 Å². The summed E-state index contributed by atoms with van der Waals surface area (Å²) in [7, 11) is 2.22. The smallest absolute Gasteiger partial charge is 0.230 e. The lowest BCUT2D eigenvalue weighted by atomic mass is 9.89. The van der Waals surface area contributed by atoms with Gasteiger partial charge in [0.1, 0.15) is 5.82 Å². The molecule has 10 nitrogen and oxygen atoms in total. The summed E-state index contributed by atoms with van der Waals surface area (Å²) in [6, 6.07) is 1.45. The molecule has 1 aliphatic carbocycles. The number of ether oxygens (including phenoxy) is 1. The Balaban J connectivity index is 1.14. The fourth-order valence-electron chi connectivity index (χ4n) is 5.58. The second kappa shape index (κ2) is 9.96. The third-order valence-electron chi connectivity index (χ3n) is 7.74. The van der Waals surface area contributed by atoms with Gasteiger partial charge in [-0.05, 0) is 57.6 Å². The van der Waals surface area contributed by atoms with Crippen molar-refractivity contribution in [3.8, 4) is 0 Å². The number of rotatable bonds is 6. The number of nitrogens with one attached hydrogen (secondary N) is 2. The van der Waals surface area contributed by atoms with Crippen molar-refractivity contribution in [2.45, 2.75) is 57.2 Å². The molecule has 2 N–H and O–H groups in total. The topological polar surface area (TPSA) is 96.3 Å². The molecule has 1 saturated carbocycles. The van der Waals surface area contributed by atoms with Gasteiger partial charge in [-0.15, -0.1) is 0 Å². The normalized spacial score (nSPS) is 26.4. The summed E-state index contributed by atoms with van der Waals surface area (Å²) in [6.45, 7) is 8.32. The van der Waals surface area contributed by atoms with Gasteiger partial charge in [0.25, 0.3) is 0 Å². The molecule has 0 aromatic carbocycles. The molecule has 1 unspecified atom stereocenters. The van der Waals surface area contributed by atoms with E-state index in [0.29, 0.717) is 18.0 Å². The molecule has 1 atom stereocenters. The van der Waals surface area contributed by atoms with Crippen LogP contribution in [0.3, 0.4) is 0 Å². The van der Waals surface area contributed by atoms with Crippen LogP contribution in [0.15, 0.2) is 12.4 Å². The molecular formula is C24H35N9OS. The molecule has 3 aromatic heterocycles. The van der Waals surface area contributed by atoms with E-state index in [-0.39, 0.29) is 0 Å². The molecule has 0 amide bonds. The first-order valence-corrected chi connectivity index (χ1v) is 13.6. The molecule has 2 saturated heterocycles. The maximum atomic E-state index is 5.50. The summed E-state index contributed by atoms with van der Waals surface area (Å²) in [5.74, 6) is 1.47. The highest BCUT2D eigenvalue weighted by molar-refractivity contribution is 7.13. The number of aromatic nitrogens is 5. The van der Waals surface area contributed by atoms with Crippen molar-refractivity contribution in [3.63, 3.8) is 0 Å². The first-order chi connectivity index (χ1) is 17.1. The molecule has 11 heteroatoms. The number of aryl methyl sites for hydroxylation is 1. The van der Waals surface area contributed by atoms with Gasteiger partial charge in [-0.25, -0.2) is 0 Å². The SMILES string of the molecule is Cc1nsc2nc(Nc3cnn(C4CCOC4)c3)nc(NC3CCC(N4CCN(C)CC4)CC3)c12. The highest BCUT2D eigenvalue weighted by atomic mass is 32.1. The standard InChI is InChI=1S/C24H35N9OS/c1-16-21-22(26-17-3-5-19(6-4-17)32-10-8-31(2)9-11-32)28-24(29-23(21)35-30-16)27-18-13-25-33(14-18)20-7-12-34-15-20/h13-14,17,19-20H,3-12,15H2,1-2H3,(H2,26,27,28,29). The summed E-state index contributed by atoms with van der Waals surface area (Å²) in [5, 5.41) is 12.7. The Labute approximate surface area is 210 Å². The molecular weight excluding hydrogens is 462 g/mol. The van der Waals surface area contributed by atoms with Crippen molar-refractivity contribution >= 4 is 39.2 Å². The minimum atomic E-state index is 0.302. The molecule has 2 aliphatic heterocycles. The van der Waals surface area contributed by atoms with Gasteiger partial charge in [0.05, 0.1) is 35.6 Å². The van der Waals surface area contributed by atoms with E-state index < -0.39 is 0 Å². The zero-order chi connectivity index (χ0) is 23.8. The number of likely N-dealkylation sites (N-methyl/N-ethyl adjacent to an activating group) is 1. The largest absolute Gasteiger partial charge is 0.379 e. The van der Waals surface area contributed by atoms with Crippen molar-refractivity contribution in [2.75, 3.05) is 57.1 Å². The van der Waals surface area contributed by atoms with E-state index in [4.69, 9.17) is 14.7 Å². The van der Waals surface area contributed by atoms with Crippen LogP contribution in [0.4, 0.5) is 17.5 Å². The molecule has 3 aromatic rings. The second-order valence-corrected chi connectivity index (χ2v) is 10.9. The maximum absolute atomic E-state index is 5.50. The Bertz CT molecular complexity index is 1140. The Morgan fingerprint density at radius 3 is 2.63 bits per heavy atom. The Hall–Kier alpha value is -2.34. The summed E-state index contributed by atoms with van der Waals surface area (Å²) < 4.78 is 12.0. The van der Waals surface area contributed by atoms with E-state index in [2.05, 4.69) is 37.0 Å². The number of hydrogen-bond donors (Lipinski definition) is 2. The molecule has 3 fully saturated rings. The molecule has 35 heavy (non-hydrogen) atoms. The van der Waals surface area contributed by atoms with Crippen LogP contribution in [0.2, 0.25) is 0 Å². The maximum Gasteiger partial charge on any atom is 0.230 e. The van der Waals surface area contributed by atoms with E-state index in [0.717, 1.165) is 65.9 Å². The van der Waals surface area contributed by atoms with Crippen molar-refractivity contribution in [2.24, 2.45) is 0 Å². The lowest BCUT2D eigenvalue weighted by molar-refractivity contribution is 0.0894. The lowest BCUT2D eigenvalue weighted by Crippen LogP contribution is -2.50. The fourth-order valence-corrected chi connectivity index (χ4v) is 6.36. The third kappa shape index (κ3) is 5.00. The van der Waals surface area contributed by atoms with E-state index in [1.807, 2.05) is 24.0 Å². The van der Waals surface area contributed by atoms with Gasteiger partial charge in [-0.2, -0.15) is 19.4 Å². The molecule has 6 rings (SSSR count). The van der Waals surface area contributed by atoms with Crippen molar-refractivity contribution in [1.82, 2.24) is 33.9 Å². The Kier molecular flexibility index (Phi) is 6.57. The Morgan fingerprint density at radius 1 is 1.03 bits per heavy atom. The second-order valence-electron chi connectivity index (χ2n) is 10.2. The van der Waals surface area contributed by atoms with Gasteiger partial charge in [0.15, 0.2) is 4.83 Å². The number of nitrogens with zero attached hydrogens (tertiary/aromatic N) is 7. The number of fused-ring (bicyclic) bond motifs is 1. The molecule has 3 aliphatic rings. The van der Waals surface area contributed by atoms with Crippen LogP contribution >= 0.6 is 11.5 Å². The highest BCUT2D eigenvalue weighted by Crippen LogP contribution is 2.32. The van der Waals surface area contributed by atoms with E-state index >= 15 is 0 Å². The van der Waals surface area contributed by atoms with Crippen LogP contribution in [0.25, 0.3) is 10.2 Å². The molecule has 0 bridgehead atoms. The van der Waals surface area contributed by atoms with Crippen molar-refractivity contribution in [3.05, 3.63) is 18.1 Å². The zero-order valence-electron chi connectivity index (χ0n) is 20.6. The van der Waals surface area contributed by atoms with Gasteiger partial charge < -0.3 is 20.3 Å². The van der Waals surface area contributed by atoms with Crippen molar-refractivity contribution < 1.29 is 4.74 Å². The highest BCUT2D eigenvalue weighted by Gasteiger charge is 2.28. The molecule has 188 valence electrons. The third-order valence-corrected chi connectivity index (χ3v) is 8.57. The van der Waals surface area contributed by atoms with Gasteiger partial charge in [0.2, 0.25) is 5.95 Å². The molecule has 0 spiro atoms. The van der Waals surface area contributed by atoms with Crippen LogP contribution in [0.1, 0.15) is 43.8 Å². The van der Waals surface area contributed by atoms with Crippen molar-refractivity contribution in [1.29, 1.82) is 0 Å². The molecule has 0 radical (unpaired) electrons. The number of hydrogen-bond acceptors (Lipinski definition) is 10. The molecule has 5 heterocycles. The zero-order valence-corrected chi connectivity index (χ0v) is 21.4. The summed E-state index contributed by atoms with van der Waals surface area (Å²) in [5.41, 5.74) is 1.87. The van der Waals surface area contributed by atoms with E-state index in [9.17, 15) is 0 Å². The minimum absolute atomic E-state index is 0.302. The van der Waals surface area contributed by atoms with Crippen LogP contribution in [-0.2, 0) is 4.74 Å². The predicted molar refractivity (Wildman–Crippen MR) is 139 cm³/mol. The fraction of sp³-hybridized carbons (Fsp3) is 0.667. The van der Waals surface area contributed by atoms with Gasteiger partial charge >= 0.3 is 0 Å². The van der Waals surface area contributed by atoms with Gasteiger partial charge in [0, 0.05) is 51.1 Å². The number of piperazine rings is 1. The van der Waals surface area contributed by atoms with E-state index in [1.54, 1.807) is 0 Å². The summed E-state index contributed by atoms with van der Waals surface area (Å²) in [6.07, 6.45) is 9.65. The average Bonchev–Trinajstić information content (AvgIpc) is 3.62. The predicted octanol–water partition coefficient (Wildman–Crippen LogP) is 3.27. The first-order valence-electron chi connectivity index (χ1n) is 12.8. The van der Waals surface area contributed by atoms with E-state index in [1.165, 1.54) is 50.6 Å². The van der Waals surface area contributed by atoms with Crippen LogP contribution < -0.4 is 10.6 Å². The first kappa shape index (κ1) is 23.1. The minimum Gasteiger partial charge on any atom is -0.379 e.